The molecule has 6 nitrogen and oxygen atoms in total. The minimum absolute atomic E-state index is 0.155. The van der Waals surface area contributed by atoms with Gasteiger partial charge in [0.2, 0.25) is 11.8 Å². The first-order chi connectivity index (χ1) is 12.4. The van der Waals surface area contributed by atoms with Gasteiger partial charge in [0.1, 0.15) is 0 Å². The Morgan fingerprint density at radius 1 is 1.31 bits per heavy atom. The average Bonchev–Trinajstić information content (AvgIpc) is 3.14. The molecule has 0 radical (unpaired) electrons. The van der Waals surface area contributed by atoms with Crippen LogP contribution in [0, 0.1) is 4.84 Å². The summed E-state index contributed by atoms with van der Waals surface area (Å²) in [4.78, 5) is 16.0. The summed E-state index contributed by atoms with van der Waals surface area (Å²) < 4.78 is 7.24. The second-order valence-electron chi connectivity index (χ2n) is 7.23. The van der Waals surface area contributed by atoms with E-state index in [-0.39, 0.29) is 5.91 Å². The largest absolute Gasteiger partial charge is 0.412 e. The van der Waals surface area contributed by atoms with Crippen molar-refractivity contribution in [1.82, 2.24) is 19.6 Å². The Hall–Kier alpha value is -1.99. The molecule has 0 saturated carbocycles. The zero-order chi connectivity index (χ0) is 18.7. The zero-order valence-electron chi connectivity index (χ0n) is 15.6. The first-order valence-corrected chi connectivity index (χ1v) is 9.45. The zero-order valence-corrected chi connectivity index (χ0v) is 16.5. The number of nitrogens with zero attached hydrogens (tertiary/aromatic N) is 4. The molecule has 0 atom stereocenters. The van der Waals surface area contributed by atoms with Crippen molar-refractivity contribution in [1.29, 1.82) is 0 Å². The smallest absolute Gasteiger partial charge is 0.288 e. The molecule has 1 fully saturated rings. The second kappa shape index (κ2) is 8.14. The highest BCUT2D eigenvalue weighted by molar-refractivity contribution is 7.71. The highest BCUT2D eigenvalue weighted by Crippen LogP contribution is 2.16. The second-order valence-corrected chi connectivity index (χ2v) is 7.58. The fraction of sp³-hybridized carbons (Fsp3) is 0.526. The maximum Gasteiger partial charge on any atom is 0.288 e. The molecule has 0 bridgehead atoms. The topological polar surface area (TPSA) is 54.5 Å². The van der Waals surface area contributed by atoms with Crippen molar-refractivity contribution in [3.8, 4) is 0 Å². The molecule has 140 valence electrons. The molecule has 1 amide bonds. The van der Waals surface area contributed by atoms with Crippen LogP contribution < -0.4 is 0 Å². The first-order valence-electron chi connectivity index (χ1n) is 9.04. The quantitative estimate of drug-likeness (QED) is 0.694. The maximum atomic E-state index is 11.7. The first kappa shape index (κ1) is 18.8. The molecule has 1 aromatic heterocycles. The Morgan fingerprint density at radius 2 is 2.04 bits per heavy atom. The summed E-state index contributed by atoms with van der Waals surface area (Å²) in [6.07, 6.45) is 1.51. The standard InChI is InChI=1S/C19H26N4O2S/c1-14(2)16-8-6-15(7-9-16)11-21(3)13-23-19(26)25-17(20-23)12-22-10-4-5-18(22)24/h6-9,14H,4-5,10-13H2,1-3H3. The minimum Gasteiger partial charge on any atom is -0.412 e. The van der Waals surface area contributed by atoms with Gasteiger partial charge in [-0.2, -0.15) is 0 Å². The van der Waals surface area contributed by atoms with Crippen molar-refractivity contribution >= 4 is 18.1 Å². The van der Waals surface area contributed by atoms with Gasteiger partial charge in [-0.15, -0.1) is 5.10 Å². The van der Waals surface area contributed by atoms with Crippen LogP contribution in [0.1, 0.15) is 49.6 Å². The Labute approximate surface area is 159 Å². The molecule has 7 heteroatoms. The van der Waals surface area contributed by atoms with Crippen molar-refractivity contribution in [3.63, 3.8) is 0 Å². The third-order valence-electron chi connectivity index (χ3n) is 4.62. The molecule has 1 aliphatic rings. The van der Waals surface area contributed by atoms with Gasteiger partial charge in [0.25, 0.3) is 4.84 Å². The lowest BCUT2D eigenvalue weighted by molar-refractivity contribution is -0.128. The van der Waals surface area contributed by atoms with Crippen LogP contribution in [0.15, 0.2) is 28.7 Å². The highest BCUT2D eigenvalue weighted by Gasteiger charge is 2.22. The molecular formula is C19H26N4O2S. The number of likely N-dealkylation sites (tertiary alicyclic amines) is 1. The minimum atomic E-state index is 0.155. The van der Waals surface area contributed by atoms with Gasteiger partial charge in [-0.05, 0) is 42.7 Å². The van der Waals surface area contributed by atoms with E-state index in [4.69, 9.17) is 16.6 Å². The van der Waals surface area contributed by atoms with E-state index < -0.39 is 0 Å². The van der Waals surface area contributed by atoms with Crippen molar-refractivity contribution < 1.29 is 9.21 Å². The number of carbonyl (C=O) groups is 1. The molecular weight excluding hydrogens is 348 g/mol. The number of benzene rings is 1. The number of aromatic nitrogens is 2. The van der Waals surface area contributed by atoms with E-state index in [1.54, 1.807) is 9.58 Å². The number of hydrogen-bond acceptors (Lipinski definition) is 5. The summed E-state index contributed by atoms with van der Waals surface area (Å²) in [7, 11) is 2.02. The third kappa shape index (κ3) is 4.59. The summed E-state index contributed by atoms with van der Waals surface area (Å²) >= 11 is 5.28. The van der Waals surface area contributed by atoms with Crippen LogP contribution in [0.3, 0.4) is 0 Å². The molecule has 2 heterocycles. The lowest BCUT2D eigenvalue weighted by Gasteiger charge is -2.16. The van der Waals surface area contributed by atoms with Gasteiger partial charge in [-0.25, -0.2) is 4.68 Å². The van der Waals surface area contributed by atoms with Crippen LogP contribution in [-0.4, -0.2) is 39.1 Å². The molecule has 1 aromatic carbocycles. The van der Waals surface area contributed by atoms with Gasteiger partial charge in [0.05, 0.1) is 13.2 Å². The lowest BCUT2D eigenvalue weighted by atomic mass is 10.0. The molecule has 3 rings (SSSR count). The van der Waals surface area contributed by atoms with E-state index in [2.05, 4.69) is 48.1 Å². The fourth-order valence-corrected chi connectivity index (χ4v) is 3.33. The van der Waals surface area contributed by atoms with Gasteiger partial charge in [-0.3, -0.25) is 9.69 Å². The molecule has 0 N–H and O–H groups in total. The van der Waals surface area contributed by atoms with Gasteiger partial charge in [0.15, 0.2) is 0 Å². The predicted octanol–water partition coefficient (Wildman–Crippen LogP) is 3.54. The Bertz CT molecular complexity index is 810. The Kier molecular flexibility index (Phi) is 5.88. The lowest BCUT2D eigenvalue weighted by Crippen LogP contribution is -2.25. The number of amides is 1. The van der Waals surface area contributed by atoms with Crippen LogP contribution in [0.5, 0.6) is 0 Å². The van der Waals surface area contributed by atoms with Gasteiger partial charge in [-0.1, -0.05) is 38.1 Å². The Balaban J connectivity index is 1.59. The van der Waals surface area contributed by atoms with Crippen LogP contribution in [0.2, 0.25) is 0 Å². The number of carbonyl (C=O) groups excluding carboxylic acids is 1. The van der Waals surface area contributed by atoms with Crippen molar-refractivity contribution in [2.75, 3.05) is 13.6 Å². The molecule has 1 saturated heterocycles. The van der Waals surface area contributed by atoms with E-state index in [1.807, 2.05) is 7.05 Å². The van der Waals surface area contributed by atoms with Crippen LogP contribution in [0.25, 0.3) is 0 Å². The molecule has 26 heavy (non-hydrogen) atoms. The van der Waals surface area contributed by atoms with Crippen LogP contribution >= 0.6 is 12.2 Å². The van der Waals surface area contributed by atoms with Gasteiger partial charge < -0.3 is 9.32 Å². The van der Waals surface area contributed by atoms with Gasteiger partial charge >= 0.3 is 0 Å². The van der Waals surface area contributed by atoms with Gasteiger partial charge in [0, 0.05) is 19.5 Å². The number of hydrogen-bond donors (Lipinski definition) is 0. The average molecular weight is 375 g/mol. The van der Waals surface area contributed by atoms with Crippen LogP contribution in [-0.2, 0) is 24.6 Å². The predicted molar refractivity (Wildman–Crippen MR) is 102 cm³/mol. The summed E-state index contributed by atoms with van der Waals surface area (Å²) in [5.74, 6) is 1.19. The van der Waals surface area contributed by atoms with E-state index >= 15 is 0 Å². The third-order valence-corrected chi connectivity index (χ3v) is 4.91. The monoisotopic (exact) mass is 374 g/mol. The van der Waals surface area contributed by atoms with E-state index in [0.717, 1.165) is 19.5 Å². The van der Waals surface area contributed by atoms with E-state index in [0.29, 0.717) is 36.3 Å². The van der Waals surface area contributed by atoms with E-state index in [1.165, 1.54) is 11.1 Å². The van der Waals surface area contributed by atoms with Crippen molar-refractivity contribution in [3.05, 3.63) is 46.1 Å². The molecule has 0 aliphatic carbocycles. The van der Waals surface area contributed by atoms with Crippen molar-refractivity contribution in [2.24, 2.45) is 0 Å². The summed E-state index contributed by atoms with van der Waals surface area (Å²) in [5, 5.41) is 4.44. The summed E-state index contributed by atoms with van der Waals surface area (Å²) in [6, 6.07) is 8.69. The summed E-state index contributed by atoms with van der Waals surface area (Å²) in [6.45, 7) is 6.90. The Morgan fingerprint density at radius 3 is 2.65 bits per heavy atom. The SMILES string of the molecule is CC(C)c1ccc(CN(C)Cn2nc(CN3CCCC3=O)oc2=S)cc1. The van der Waals surface area contributed by atoms with E-state index in [9.17, 15) is 4.79 Å². The normalized spacial score (nSPS) is 14.8. The maximum absolute atomic E-state index is 11.7. The summed E-state index contributed by atoms with van der Waals surface area (Å²) in [5.41, 5.74) is 2.59. The van der Waals surface area contributed by atoms with Crippen LogP contribution in [0.4, 0.5) is 0 Å². The molecule has 0 unspecified atom stereocenters. The number of rotatable bonds is 7. The molecule has 0 spiro atoms. The fourth-order valence-electron chi connectivity index (χ4n) is 3.14. The highest BCUT2D eigenvalue weighted by atomic mass is 32.1. The van der Waals surface area contributed by atoms with Crippen molar-refractivity contribution in [2.45, 2.75) is 52.4 Å². The molecule has 2 aromatic rings. The molecule has 1 aliphatic heterocycles.